The van der Waals surface area contributed by atoms with Gasteiger partial charge in [0.2, 0.25) is 5.91 Å². The van der Waals surface area contributed by atoms with Crippen LogP contribution < -0.4 is 9.88 Å². The molecule has 0 radical (unpaired) electrons. The van der Waals surface area contributed by atoms with Crippen LogP contribution in [0.4, 0.5) is 17.6 Å². The van der Waals surface area contributed by atoms with Crippen molar-refractivity contribution in [1.82, 2.24) is 9.80 Å². The first-order valence-corrected chi connectivity index (χ1v) is 11.0. The van der Waals surface area contributed by atoms with E-state index >= 15 is 0 Å². The van der Waals surface area contributed by atoms with Crippen LogP contribution in [0.25, 0.3) is 6.08 Å². The number of rotatable bonds is 5. The number of amides is 2. The molecule has 2 aromatic carbocycles. The molecule has 2 aliphatic heterocycles. The molecule has 0 aromatic heterocycles. The van der Waals surface area contributed by atoms with E-state index in [0.717, 1.165) is 23.1 Å². The minimum absolute atomic E-state index is 0.0264. The van der Waals surface area contributed by atoms with E-state index in [2.05, 4.69) is 4.74 Å². The van der Waals surface area contributed by atoms with Gasteiger partial charge in [0.05, 0.1) is 5.56 Å². The zero-order valence-corrected chi connectivity index (χ0v) is 18.5. The Morgan fingerprint density at radius 3 is 2.15 bits per heavy atom. The summed E-state index contributed by atoms with van der Waals surface area (Å²) in [6.45, 7) is 1.34. The molecule has 34 heavy (non-hydrogen) atoms. The summed E-state index contributed by atoms with van der Waals surface area (Å²) in [7, 11) is 0. The Morgan fingerprint density at radius 1 is 0.971 bits per heavy atom. The van der Waals surface area contributed by atoms with Gasteiger partial charge in [-0.25, -0.2) is 4.39 Å². The van der Waals surface area contributed by atoms with E-state index in [4.69, 9.17) is 5.14 Å². The molecule has 4 rings (SSSR count). The fourth-order valence-electron chi connectivity index (χ4n) is 3.85. The largest absolute Gasteiger partial charge is 0.573 e. The van der Waals surface area contributed by atoms with E-state index < -0.39 is 18.1 Å². The number of benzene rings is 2. The van der Waals surface area contributed by atoms with Gasteiger partial charge >= 0.3 is 6.36 Å². The second-order valence-electron chi connectivity index (χ2n) is 7.77. The SMILES string of the molecule is NSc1ccc(C(=O)N2CC3=C(CN(C(=O)/C=C/c4ccc(OC(F)(F)F)cc4)C3)C2)c(F)c1. The molecular weight excluding hydrogens is 474 g/mol. The first-order valence-electron chi connectivity index (χ1n) is 10.1. The van der Waals surface area contributed by atoms with Gasteiger partial charge < -0.3 is 14.5 Å². The zero-order valence-electron chi connectivity index (χ0n) is 17.6. The molecule has 2 heterocycles. The van der Waals surface area contributed by atoms with Gasteiger partial charge in [-0.15, -0.1) is 13.2 Å². The van der Waals surface area contributed by atoms with Gasteiger partial charge in [0, 0.05) is 37.2 Å². The normalized spacial score (nSPS) is 15.9. The maximum atomic E-state index is 14.3. The van der Waals surface area contributed by atoms with Gasteiger partial charge in [0.1, 0.15) is 11.6 Å². The third-order valence-corrected chi connectivity index (χ3v) is 5.99. The molecule has 0 atom stereocenters. The monoisotopic (exact) mass is 493 g/mol. The van der Waals surface area contributed by atoms with Crippen LogP contribution in [-0.2, 0) is 4.79 Å². The van der Waals surface area contributed by atoms with E-state index in [1.807, 2.05) is 0 Å². The quantitative estimate of drug-likeness (QED) is 0.295. The Morgan fingerprint density at radius 2 is 1.59 bits per heavy atom. The lowest BCUT2D eigenvalue weighted by Gasteiger charge is -2.22. The number of carbonyl (C=O) groups is 2. The summed E-state index contributed by atoms with van der Waals surface area (Å²) in [5.41, 5.74) is 2.40. The van der Waals surface area contributed by atoms with Crippen LogP contribution in [-0.4, -0.2) is 54.2 Å². The van der Waals surface area contributed by atoms with Crippen LogP contribution in [0.5, 0.6) is 5.75 Å². The molecule has 0 fully saturated rings. The topological polar surface area (TPSA) is 75.9 Å². The fourth-order valence-corrected chi connectivity index (χ4v) is 4.16. The van der Waals surface area contributed by atoms with Gasteiger partial charge in [-0.3, -0.25) is 14.7 Å². The second kappa shape index (κ2) is 9.51. The molecule has 0 spiro atoms. The lowest BCUT2D eigenvalue weighted by molar-refractivity contribution is -0.274. The first kappa shape index (κ1) is 23.8. The van der Waals surface area contributed by atoms with Crippen LogP contribution in [0.2, 0.25) is 0 Å². The molecule has 0 unspecified atom stereocenters. The summed E-state index contributed by atoms with van der Waals surface area (Å²) >= 11 is 0.894. The van der Waals surface area contributed by atoms with Crippen molar-refractivity contribution in [3.63, 3.8) is 0 Å². The average Bonchev–Trinajstić information content (AvgIpc) is 3.36. The number of nitrogens with two attached hydrogens (primary N) is 1. The number of ether oxygens (including phenoxy) is 1. The van der Waals surface area contributed by atoms with Crippen molar-refractivity contribution in [2.75, 3.05) is 26.2 Å². The summed E-state index contributed by atoms with van der Waals surface area (Å²) in [5, 5.41) is 5.42. The lowest BCUT2D eigenvalue weighted by Crippen LogP contribution is -2.36. The Bertz CT molecular complexity index is 1160. The molecule has 2 aromatic rings. The fraction of sp³-hybridized carbons (Fsp3) is 0.217. The average molecular weight is 493 g/mol. The standard InChI is InChI=1S/C23H19F4N3O3S/c24-20-9-18(34-28)6-7-19(20)22(32)30-12-15-10-29(11-16(15)13-30)21(31)8-3-14-1-4-17(5-2-14)33-23(25,26)27/h1-9H,10-13,28H2/b8-3+. The van der Waals surface area contributed by atoms with E-state index in [1.54, 1.807) is 15.9 Å². The summed E-state index contributed by atoms with van der Waals surface area (Å²) < 4.78 is 54.8. The van der Waals surface area contributed by atoms with Crippen LogP contribution in [0.1, 0.15) is 15.9 Å². The van der Waals surface area contributed by atoms with Crippen molar-refractivity contribution >= 4 is 29.8 Å². The van der Waals surface area contributed by atoms with E-state index in [0.29, 0.717) is 36.6 Å². The number of hydrogen-bond donors (Lipinski definition) is 1. The lowest BCUT2D eigenvalue weighted by atomic mass is 10.2. The Balaban J connectivity index is 1.31. The minimum atomic E-state index is -4.76. The first-order chi connectivity index (χ1) is 16.1. The third-order valence-electron chi connectivity index (χ3n) is 5.46. The molecule has 6 nitrogen and oxygen atoms in total. The molecule has 2 N–H and O–H groups in total. The van der Waals surface area contributed by atoms with Crippen molar-refractivity contribution in [1.29, 1.82) is 0 Å². The van der Waals surface area contributed by atoms with E-state index in [1.165, 1.54) is 48.6 Å². The number of halogens is 4. The predicted octanol–water partition coefficient (Wildman–Crippen LogP) is 4.00. The molecular formula is C23H19F4N3O3S. The molecule has 0 saturated heterocycles. The Labute approximate surface area is 196 Å². The second-order valence-corrected chi connectivity index (χ2v) is 8.48. The number of alkyl halides is 3. The molecule has 178 valence electrons. The summed E-state index contributed by atoms with van der Waals surface area (Å²) in [6, 6.07) is 9.38. The smallest absolute Gasteiger partial charge is 0.406 e. The van der Waals surface area contributed by atoms with Gasteiger partial charge in [-0.1, -0.05) is 12.1 Å². The highest BCUT2D eigenvalue weighted by Gasteiger charge is 2.34. The van der Waals surface area contributed by atoms with Gasteiger partial charge in [0.25, 0.3) is 5.91 Å². The van der Waals surface area contributed by atoms with Gasteiger partial charge in [-0.05, 0) is 65.1 Å². The zero-order chi connectivity index (χ0) is 24.5. The molecule has 2 amide bonds. The maximum absolute atomic E-state index is 14.3. The van der Waals surface area contributed by atoms with Crippen molar-refractivity contribution in [2.45, 2.75) is 11.3 Å². The number of carbonyl (C=O) groups excluding carboxylic acids is 2. The van der Waals surface area contributed by atoms with Crippen molar-refractivity contribution in [2.24, 2.45) is 5.14 Å². The maximum Gasteiger partial charge on any atom is 0.573 e. The van der Waals surface area contributed by atoms with Crippen LogP contribution >= 0.6 is 11.9 Å². The third kappa shape index (κ3) is 5.42. The van der Waals surface area contributed by atoms with Crippen LogP contribution in [0, 0.1) is 5.82 Å². The van der Waals surface area contributed by atoms with E-state index in [9.17, 15) is 27.2 Å². The highest BCUT2D eigenvalue weighted by Crippen LogP contribution is 2.28. The highest BCUT2D eigenvalue weighted by molar-refractivity contribution is 7.97. The Hall–Kier alpha value is -3.31. The minimum Gasteiger partial charge on any atom is -0.406 e. The highest BCUT2D eigenvalue weighted by atomic mass is 32.2. The molecule has 11 heteroatoms. The summed E-state index contributed by atoms with van der Waals surface area (Å²) in [5.74, 6) is -1.66. The number of hydrogen-bond acceptors (Lipinski definition) is 5. The Kier molecular flexibility index (Phi) is 6.67. The number of nitrogens with zero attached hydrogens (tertiary/aromatic N) is 2. The molecule has 0 bridgehead atoms. The van der Waals surface area contributed by atoms with E-state index in [-0.39, 0.29) is 17.2 Å². The summed E-state index contributed by atoms with van der Waals surface area (Å²) in [4.78, 5) is 28.9. The van der Waals surface area contributed by atoms with Crippen LogP contribution in [0.3, 0.4) is 0 Å². The van der Waals surface area contributed by atoms with Crippen LogP contribution in [0.15, 0.2) is 64.6 Å². The van der Waals surface area contributed by atoms with Crippen molar-refractivity contribution < 1.29 is 31.9 Å². The van der Waals surface area contributed by atoms with Crippen molar-refractivity contribution in [3.05, 3.63) is 76.6 Å². The van der Waals surface area contributed by atoms with Gasteiger partial charge in [0.15, 0.2) is 0 Å². The van der Waals surface area contributed by atoms with Gasteiger partial charge in [-0.2, -0.15) is 0 Å². The molecule has 0 aliphatic carbocycles. The predicted molar refractivity (Wildman–Crippen MR) is 118 cm³/mol. The molecule has 0 saturated carbocycles. The van der Waals surface area contributed by atoms with Crippen molar-refractivity contribution in [3.8, 4) is 5.75 Å². The molecule has 2 aliphatic rings. The summed E-state index contributed by atoms with van der Waals surface area (Å²) in [6.07, 6.45) is -1.92.